The highest BCUT2D eigenvalue weighted by Gasteiger charge is 2.16. The number of aromatic nitrogens is 2. The summed E-state index contributed by atoms with van der Waals surface area (Å²) >= 11 is 0. The summed E-state index contributed by atoms with van der Waals surface area (Å²) in [4.78, 5) is 22.0. The standard InChI is InChI=1S/C19H21N3O/c1-13-8-4-5-9-15(13)12-22(3)14(2)18-20-17-11-7-6-10-16(17)19(23)21-18/h4-11,14H,12H2,1-3H3,(H,20,21,23)/t14-/m0/s1. The van der Waals surface area contributed by atoms with Crippen LogP contribution in [0.1, 0.15) is 29.9 Å². The van der Waals surface area contributed by atoms with Gasteiger partial charge in [0.1, 0.15) is 5.82 Å². The summed E-state index contributed by atoms with van der Waals surface area (Å²) in [5.41, 5.74) is 3.21. The van der Waals surface area contributed by atoms with E-state index in [1.807, 2.05) is 31.3 Å². The van der Waals surface area contributed by atoms with Crippen LogP contribution in [0.5, 0.6) is 0 Å². The molecule has 4 heteroatoms. The third-order valence-electron chi connectivity index (χ3n) is 4.37. The number of hydrogen-bond donors (Lipinski definition) is 1. The number of rotatable bonds is 4. The lowest BCUT2D eigenvalue weighted by Crippen LogP contribution is -2.26. The Labute approximate surface area is 135 Å². The van der Waals surface area contributed by atoms with E-state index in [0.717, 1.165) is 12.1 Å². The maximum absolute atomic E-state index is 12.2. The average Bonchev–Trinajstić information content (AvgIpc) is 2.56. The predicted molar refractivity (Wildman–Crippen MR) is 93.4 cm³/mol. The summed E-state index contributed by atoms with van der Waals surface area (Å²) in [5.74, 6) is 0.699. The van der Waals surface area contributed by atoms with Gasteiger partial charge in [-0.25, -0.2) is 4.98 Å². The Bertz CT molecular complexity index is 885. The van der Waals surface area contributed by atoms with Gasteiger partial charge in [0, 0.05) is 6.54 Å². The fourth-order valence-electron chi connectivity index (χ4n) is 2.70. The molecular formula is C19H21N3O. The van der Waals surface area contributed by atoms with Gasteiger partial charge in [-0.3, -0.25) is 9.69 Å². The van der Waals surface area contributed by atoms with Gasteiger partial charge in [-0.05, 0) is 44.2 Å². The summed E-state index contributed by atoms with van der Waals surface area (Å²) in [6.07, 6.45) is 0. The van der Waals surface area contributed by atoms with Crippen LogP contribution >= 0.6 is 0 Å². The summed E-state index contributed by atoms with van der Waals surface area (Å²) in [6.45, 7) is 4.99. The van der Waals surface area contributed by atoms with E-state index in [4.69, 9.17) is 0 Å². The fraction of sp³-hybridized carbons (Fsp3) is 0.263. The zero-order chi connectivity index (χ0) is 16.4. The number of H-pyrrole nitrogens is 1. The molecule has 0 bridgehead atoms. The zero-order valence-electron chi connectivity index (χ0n) is 13.7. The number of nitrogens with zero attached hydrogens (tertiary/aromatic N) is 2. The van der Waals surface area contributed by atoms with Crippen molar-refractivity contribution in [3.05, 3.63) is 75.8 Å². The van der Waals surface area contributed by atoms with E-state index in [1.54, 1.807) is 6.07 Å². The molecule has 0 saturated carbocycles. The second kappa shape index (κ2) is 6.34. The van der Waals surface area contributed by atoms with Gasteiger partial charge in [-0.2, -0.15) is 0 Å². The lowest BCUT2D eigenvalue weighted by molar-refractivity contribution is 0.243. The highest BCUT2D eigenvalue weighted by Crippen LogP contribution is 2.19. The number of para-hydroxylation sites is 1. The topological polar surface area (TPSA) is 49.0 Å². The molecule has 23 heavy (non-hydrogen) atoms. The molecule has 4 nitrogen and oxygen atoms in total. The molecule has 0 spiro atoms. The molecule has 0 aliphatic heterocycles. The van der Waals surface area contributed by atoms with Gasteiger partial charge in [0.05, 0.1) is 16.9 Å². The molecule has 0 saturated heterocycles. The first kappa shape index (κ1) is 15.4. The molecule has 0 unspecified atom stereocenters. The first-order chi connectivity index (χ1) is 11.1. The van der Waals surface area contributed by atoms with E-state index in [-0.39, 0.29) is 11.6 Å². The minimum absolute atomic E-state index is 0.0203. The first-order valence-corrected chi connectivity index (χ1v) is 7.80. The van der Waals surface area contributed by atoms with Crippen LogP contribution in [0, 0.1) is 6.92 Å². The number of benzene rings is 2. The Morgan fingerprint density at radius 3 is 2.61 bits per heavy atom. The normalized spacial score (nSPS) is 12.7. The second-order valence-corrected chi connectivity index (χ2v) is 5.99. The smallest absolute Gasteiger partial charge is 0.258 e. The van der Waals surface area contributed by atoms with Crippen molar-refractivity contribution >= 4 is 10.9 Å². The van der Waals surface area contributed by atoms with Crippen molar-refractivity contribution in [1.82, 2.24) is 14.9 Å². The molecule has 3 rings (SSSR count). The number of aromatic amines is 1. The molecule has 0 fully saturated rings. The fourth-order valence-corrected chi connectivity index (χ4v) is 2.70. The van der Waals surface area contributed by atoms with Crippen molar-refractivity contribution in [1.29, 1.82) is 0 Å². The van der Waals surface area contributed by atoms with Crippen LogP contribution in [-0.2, 0) is 6.54 Å². The lowest BCUT2D eigenvalue weighted by atomic mass is 10.1. The molecule has 0 aliphatic carbocycles. The Balaban J connectivity index is 1.89. The monoisotopic (exact) mass is 307 g/mol. The Kier molecular flexibility index (Phi) is 4.26. The van der Waals surface area contributed by atoms with Crippen LogP contribution in [0.2, 0.25) is 0 Å². The highest BCUT2D eigenvalue weighted by molar-refractivity contribution is 5.77. The maximum atomic E-state index is 12.2. The van der Waals surface area contributed by atoms with Crippen LogP contribution in [0.3, 0.4) is 0 Å². The number of hydrogen-bond acceptors (Lipinski definition) is 3. The van der Waals surface area contributed by atoms with Crippen LogP contribution in [0.4, 0.5) is 0 Å². The van der Waals surface area contributed by atoms with E-state index < -0.39 is 0 Å². The van der Waals surface area contributed by atoms with Gasteiger partial charge in [0.2, 0.25) is 0 Å². The Morgan fingerprint density at radius 2 is 1.83 bits per heavy atom. The van der Waals surface area contributed by atoms with Crippen LogP contribution in [0.15, 0.2) is 53.3 Å². The van der Waals surface area contributed by atoms with Crippen LogP contribution < -0.4 is 5.56 Å². The summed E-state index contributed by atoms with van der Waals surface area (Å²) in [7, 11) is 2.05. The van der Waals surface area contributed by atoms with Gasteiger partial charge in [-0.15, -0.1) is 0 Å². The van der Waals surface area contributed by atoms with Gasteiger partial charge < -0.3 is 4.98 Å². The van der Waals surface area contributed by atoms with E-state index in [9.17, 15) is 4.79 Å². The van der Waals surface area contributed by atoms with Gasteiger partial charge in [-0.1, -0.05) is 36.4 Å². The van der Waals surface area contributed by atoms with Gasteiger partial charge in [0.25, 0.3) is 5.56 Å². The minimum Gasteiger partial charge on any atom is -0.309 e. The molecule has 118 valence electrons. The number of aryl methyl sites for hydroxylation is 1. The van der Waals surface area contributed by atoms with Crippen LogP contribution in [-0.4, -0.2) is 21.9 Å². The number of fused-ring (bicyclic) bond motifs is 1. The lowest BCUT2D eigenvalue weighted by Gasteiger charge is -2.24. The van der Waals surface area contributed by atoms with Crippen molar-refractivity contribution in [2.24, 2.45) is 0 Å². The van der Waals surface area contributed by atoms with Crippen molar-refractivity contribution < 1.29 is 0 Å². The van der Waals surface area contributed by atoms with E-state index in [1.165, 1.54) is 11.1 Å². The molecule has 0 amide bonds. The zero-order valence-corrected chi connectivity index (χ0v) is 13.7. The average molecular weight is 307 g/mol. The molecule has 3 aromatic rings. The summed E-state index contributed by atoms with van der Waals surface area (Å²) < 4.78 is 0. The second-order valence-electron chi connectivity index (χ2n) is 5.99. The summed E-state index contributed by atoms with van der Waals surface area (Å²) in [5, 5.41) is 0.630. The molecule has 2 aromatic carbocycles. The van der Waals surface area contributed by atoms with Crippen molar-refractivity contribution in [2.75, 3.05) is 7.05 Å². The molecule has 1 aromatic heterocycles. The van der Waals surface area contributed by atoms with E-state index >= 15 is 0 Å². The Hall–Kier alpha value is -2.46. The summed E-state index contributed by atoms with van der Waals surface area (Å²) in [6, 6.07) is 15.8. The third-order valence-corrected chi connectivity index (χ3v) is 4.37. The van der Waals surface area contributed by atoms with Gasteiger partial charge >= 0.3 is 0 Å². The van der Waals surface area contributed by atoms with E-state index in [0.29, 0.717) is 11.2 Å². The van der Waals surface area contributed by atoms with Crippen molar-refractivity contribution in [3.63, 3.8) is 0 Å². The predicted octanol–water partition coefficient (Wildman–Crippen LogP) is 3.42. The highest BCUT2D eigenvalue weighted by atomic mass is 16.1. The van der Waals surface area contributed by atoms with E-state index in [2.05, 4.69) is 46.9 Å². The Morgan fingerprint density at radius 1 is 1.13 bits per heavy atom. The van der Waals surface area contributed by atoms with Crippen LogP contribution in [0.25, 0.3) is 10.9 Å². The largest absolute Gasteiger partial charge is 0.309 e. The quantitative estimate of drug-likeness (QED) is 0.803. The maximum Gasteiger partial charge on any atom is 0.258 e. The third kappa shape index (κ3) is 3.17. The SMILES string of the molecule is Cc1ccccc1CN(C)[C@@H](C)c1nc2ccccc2c(=O)[nH]1. The van der Waals surface area contributed by atoms with Crippen molar-refractivity contribution in [2.45, 2.75) is 26.4 Å². The minimum atomic E-state index is -0.0817. The number of nitrogens with one attached hydrogen (secondary N) is 1. The van der Waals surface area contributed by atoms with Gasteiger partial charge in [0.15, 0.2) is 0 Å². The first-order valence-electron chi connectivity index (χ1n) is 7.80. The molecule has 0 radical (unpaired) electrons. The molecule has 0 aliphatic rings. The molecule has 1 heterocycles. The van der Waals surface area contributed by atoms with Crippen molar-refractivity contribution in [3.8, 4) is 0 Å². The molecule has 1 atom stereocenters. The molecular weight excluding hydrogens is 286 g/mol. The molecule has 1 N–H and O–H groups in total.